The van der Waals surface area contributed by atoms with Gasteiger partial charge in [-0.2, -0.15) is 0 Å². The zero-order chi connectivity index (χ0) is 13.1. The summed E-state index contributed by atoms with van der Waals surface area (Å²) in [6, 6.07) is 0. The van der Waals surface area contributed by atoms with E-state index in [2.05, 4.69) is 10.2 Å². The number of carbonyl (C=O) groups excluding carboxylic acids is 1. The number of hydrogen-bond acceptors (Lipinski definition) is 3. The summed E-state index contributed by atoms with van der Waals surface area (Å²) in [5, 5.41) is 12.6. The average Bonchev–Trinajstić information content (AvgIpc) is 2.67. The standard InChI is InChI=1S/C13H26N2O2/c1-10(2)11(16)12(17)14-13(3,4)9-15-7-5-6-8-15/h10-11,16H,5-9H2,1-4H3,(H,14,17)/t11-/m0/s1. The van der Waals surface area contributed by atoms with E-state index in [4.69, 9.17) is 0 Å². The lowest BCUT2D eigenvalue weighted by Gasteiger charge is -2.32. The number of aliphatic hydroxyl groups is 1. The van der Waals surface area contributed by atoms with Crippen molar-refractivity contribution in [3.05, 3.63) is 0 Å². The van der Waals surface area contributed by atoms with Crippen LogP contribution >= 0.6 is 0 Å². The molecule has 0 aliphatic carbocycles. The van der Waals surface area contributed by atoms with E-state index in [0.29, 0.717) is 0 Å². The van der Waals surface area contributed by atoms with Crippen LogP contribution in [0.2, 0.25) is 0 Å². The van der Waals surface area contributed by atoms with E-state index in [1.807, 2.05) is 27.7 Å². The molecule has 1 saturated heterocycles. The van der Waals surface area contributed by atoms with Crippen molar-refractivity contribution in [1.82, 2.24) is 10.2 Å². The van der Waals surface area contributed by atoms with Crippen LogP contribution in [0.15, 0.2) is 0 Å². The van der Waals surface area contributed by atoms with Crippen molar-refractivity contribution in [2.24, 2.45) is 5.92 Å². The van der Waals surface area contributed by atoms with E-state index < -0.39 is 6.10 Å². The number of aliphatic hydroxyl groups excluding tert-OH is 1. The number of hydrogen-bond donors (Lipinski definition) is 2. The second kappa shape index (κ2) is 5.83. The van der Waals surface area contributed by atoms with E-state index in [1.54, 1.807) is 0 Å². The summed E-state index contributed by atoms with van der Waals surface area (Å²) in [6.07, 6.45) is 1.59. The Labute approximate surface area is 104 Å². The maximum absolute atomic E-state index is 11.8. The first-order valence-electron chi connectivity index (χ1n) is 6.54. The highest BCUT2D eigenvalue weighted by Gasteiger charge is 2.28. The molecule has 1 atom stereocenters. The van der Waals surface area contributed by atoms with Gasteiger partial charge in [0.05, 0.1) is 0 Å². The Morgan fingerprint density at radius 1 is 1.35 bits per heavy atom. The highest BCUT2D eigenvalue weighted by molar-refractivity contribution is 5.81. The van der Waals surface area contributed by atoms with E-state index in [-0.39, 0.29) is 17.4 Å². The number of nitrogens with one attached hydrogen (secondary N) is 1. The van der Waals surface area contributed by atoms with Crippen molar-refractivity contribution in [3.63, 3.8) is 0 Å². The molecule has 100 valence electrons. The SMILES string of the molecule is CC(C)[C@H](O)C(=O)NC(C)(C)CN1CCCC1. The topological polar surface area (TPSA) is 52.6 Å². The Morgan fingerprint density at radius 3 is 2.35 bits per heavy atom. The Hall–Kier alpha value is -0.610. The van der Waals surface area contributed by atoms with Crippen LogP contribution in [0.1, 0.15) is 40.5 Å². The second-order valence-corrected chi connectivity index (χ2v) is 6.05. The first-order valence-corrected chi connectivity index (χ1v) is 6.54. The molecular formula is C13H26N2O2. The van der Waals surface area contributed by atoms with E-state index in [1.165, 1.54) is 12.8 Å². The van der Waals surface area contributed by atoms with Crippen LogP contribution in [0, 0.1) is 5.92 Å². The molecular weight excluding hydrogens is 216 g/mol. The van der Waals surface area contributed by atoms with Crippen molar-refractivity contribution in [3.8, 4) is 0 Å². The summed E-state index contributed by atoms with van der Waals surface area (Å²) in [6.45, 7) is 10.8. The van der Waals surface area contributed by atoms with E-state index in [9.17, 15) is 9.90 Å². The largest absolute Gasteiger partial charge is 0.383 e. The minimum Gasteiger partial charge on any atom is -0.383 e. The summed E-state index contributed by atoms with van der Waals surface area (Å²) in [4.78, 5) is 14.2. The molecule has 0 saturated carbocycles. The lowest BCUT2D eigenvalue weighted by Crippen LogP contribution is -2.54. The molecule has 17 heavy (non-hydrogen) atoms. The maximum Gasteiger partial charge on any atom is 0.249 e. The zero-order valence-corrected chi connectivity index (χ0v) is 11.5. The lowest BCUT2D eigenvalue weighted by atomic mass is 10.0. The fourth-order valence-electron chi connectivity index (χ4n) is 2.25. The van der Waals surface area contributed by atoms with Crippen LogP contribution in [-0.4, -0.2) is 47.2 Å². The van der Waals surface area contributed by atoms with Crippen LogP contribution in [0.4, 0.5) is 0 Å². The van der Waals surface area contributed by atoms with E-state index in [0.717, 1.165) is 19.6 Å². The van der Waals surface area contributed by atoms with Gasteiger partial charge >= 0.3 is 0 Å². The van der Waals surface area contributed by atoms with Gasteiger partial charge < -0.3 is 15.3 Å². The van der Waals surface area contributed by atoms with Gasteiger partial charge in [-0.05, 0) is 45.7 Å². The smallest absolute Gasteiger partial charge is 0.249 e. The summed E-state index contributed by atoms with van der Waals surface area (Å²) < 4.78 is 0. The molecule has 0 unspecified atom stereocenters. The molecule has 0 aromatic rings. The van der Waals surface area contributed by atoms with Gasteiger partial charge in [-0.3, -0.25) is 4.79 Å². The molecule has 1 heterocycles. The van der Waals surface area contributed by atoms with Crippen LogP contribution in [0.3, 0.4) is 0 Å². The Kier molecular flexibility index (Phi) is 4.95. The van der Waals surface area contributed by atoms with Crippen molar-refractivity contribution >= 4 is 5.91 Å². The van der Waals surface area contributed by atoms with Gasteiger partial charge in [0, 0.05) is 12.1 Å². The monoisotopic (exact) mass is 242 g/mol. The normalized spacial score (nSPS) is 19.6. The molecule has 1 fully saturated rings. The summed E-state index contributed by atoms with van der Waals surface area (Å²) in [7, 11) is 0. The second-order valence-electron chi connectivity index (χ2n) is 6.05. The van der Waals surface area contributed by atoms with Crippen molar-refractivity contribution in [2.45, 2.75) is 52.2 Å². The molecule has 1 aliphatic heterocycles. The van der Waals surface area contributed by atoms with Crippen LogP contribution in [0.25, 0.3) is 0 Å². The van der Waals surface area contributed by atoms with Gasteiger partial charge in [0.1, 0.15) is 6.10 Å². The molecule has 4 heteroatoms. The molecule has 0 aromatic carbocycles. The predicted octanol–water partition coefficient (Wildman–Crippen LogP) is 0.994. The molecule has 0 aromatic heterocycles. The summed E-state index contributed by atoms with van der Waals surface area (Å²) in [5.74, 6) is -0.304. The fourth-order valence-corrected chi connectivity index (χ4v) is 2.25. The van der Waals surface area contributed by atoms with Gasteiger partial charge in [0.15, 0.2) is 0 Å². The first-order chi connectivity index (χ1) is 7.82. The first kappa shape index (κ1) is 14.5. The molecule has 4 nitrogen and oxygen atoms in total. The minimum atomic E-state index is -0.909. The highest BCUT2D eigenvalue weighted by atomic mass is 16.3. The quantitative estimate of drug-likeness (QED) is 0.756. The maximum atomic E-state index is 11.8. The lowest BCUT2D eigenvalue weighted by molar-refractivity contribution is -0.133. The number of likely N-dealkylation sites (tertiary alicyclic amines) is 1. The molecule has 2 N–H and O–H groups in total. The number of amides is 1. The summed E-state index contributed by atoms with van der Waals surface area (Å²) >= 11 is 0. The number of carbonyl (C=O) groups is 1. The molecule has 1 rings (SSSR count). The Morgan fingerprint density at radius 2 is 1.88 bits per heavy atom. The Bertz CT molecular complexity index is 258. The predicted molar refractivity (Wildman–Crippen MR) is 68.7 cm³/mol. The zero-order valence-electron chi connectivity index (χ0n) is 11.5. The van der Waals surface area contributed by atoms with Gasteiger partial charge in [-0.1, -0.05) is 13.8 Å². The third-order valence-electron chi connectivity index (χ3n) is 3.18. The summed E-state index contributed by atoms with van der Waals surface area (Å²) in [5.41, 5.74) is -0.280. The van der Waals surface area contributed by atoms with Gasteiger partial charge in [-0.15, -0.1) is 0 Å². The average molecular weight is 242 g/mol. The third kappa shape index (κ3) is 4.64. The Balaban J connectivity index is 2.44. The van der Waals surface area contributed by atoms with E-state index >= 15 is 0 Å². The fraction of sp³-hybridized carbons (Fsp3) is 0.923. The number of rotatable bonds is 5. The van der Waals surface area contributed by atoms with Crippen LogP contribution in [-0.2, 0) is 4.79 Å². The molecule has 1 amide bonds. The molecule has 1 aliphatic rings. The number of nitrogens with zero attached hydrogens (tertiary/aromatic N) is 1. The van der Waals surface area contributed by atoms with Crippen molar-refractivity contribution in [2.75, 3.05) is 19.6 Å². The minimum absolute atomic E-state index is 0.0439. The third-order valence-corrected chi connectivity index (χ3v) is 3.18. The van der Waals surface area contributed by atoms with Crippen molar-refractivity contribution in [1.29, 1.82) is 0 Å². The molecule has 0 spiro atoms. The molecule has 0 radical (unpaired) electrons. The van der Waals surface area contributed by atoms with Crippen LogP contribution < -0.4 is 5.32 Å². The van der Waals surface area contributed by atoms with Gasteiger partial charge in [0.25, 0.3) is 0 Å². The van der Waals surface area contributed by atoms with Gasteiger partial charge in [0.2, 0.25) is 5.91 Å². The highest BCUT2D eigenvalue weighted by Crippen LogP contribution is 2.13. The van der Waals surface area contributed by atoms with Crippen LogP contribution in [0.5, 0.6) is 0 Å². The van der Waals surface area contributed by atoms with Gasteiger partial charge in [-0.25, -0.2) is 0 Å². The molecule has 0 bridgehead atoms. The van der Waals surface area contributed by atoms with Crippen molar-refractivity contribution < 1.29 is 9.90 Å².